The first kappa shape index (κ1) is 20.7. The Hall–Kier alpha value is -1.62. The predicted octanol–water partition coefficient (Wildman–Crippen LogP) is 4.03. The number of methoxy groups -OCH3 is 2. The standard InChI is InChI=1S/C21H34N2O3/c1-4-5-7-17-11-13-23(16-17)12-6-8-18(14-21(24)26-3)19-9-10-20(25-2)22-15-19/h9-10,15,17-18H,4-8,11-14,16H2,1-3H3. The van der Waals surface area contributed by atoms with E-state index in [4.69, 9.17) is 9.47 Å². The van der Waals surface area contributed by atoms with Gasteiger partial charge < -0.3 is 14.4 Å². The van der Waals surface area contributed by atoms with Gasteiger partial charge in [-0.1, -0.05) is 25.8 Å². The smallest absolute Gasteiger partial charge is 0.306 e. The van der Waals surface area contributed by atoms with Crippen molar-refractivity contribution in [2.75, 3.05) is 33.9 Å². The van der Waals surface area contributed by atoms with Crippen LogP contribution in [0, 0.1) is 5.92 Å². The Labute approximate surface area is 158 Å². The second-order valence-corrected chi connectivity index (χ2v) is 7.35. The highest BCUT2D eigenvalue weighted by Gasteiger charge is 2.22. The molecule has 0 N–H and O–H groups in total. The first-order valence-corrected chi connectivity index (χ1v) is 9.95. The Morgan fingerprint density at radius 2 is 2.19 bits per heavy atom. The van der Waals surface area contributed by atoms with Gasteiger partial charge in [0, 0.05) is 18.8 Å². The topological polar surface area (TPSA) is 51.7 Å². The molecule has 0 amide bonds. The zero-order valence-electron chi connectivity index (χ0n) is 16.6. The molecule has 1 aromatic heterocycles. The van der Waals surface area contributed by atoms with Gasteiger partial charge >= 0.3 is 5.97 Å². The van der Waals surface area contributed by atoms with Crippen LogP contribution in [0.5, 0.6) is 5.88 Å². The van der Waals surface area contributed by atoms with E-state index in [1.165, 1.54) is 45.9 Å². The first-order valence-electron chi connectivity index (χ1n) is 9.95. The minimum Gasteiger partial charge on any atom is -0.481 e. The summed E-state index contributed by atoms with van der Waals surface area (Å²) in [5, 5.41) is 0. The maximum atomic E-state index is 11.8. The molecular weight excluding hydrogens is 328 g/mol. The van der Waals surface area contributed by atoms with Crippen LogP contribution in [0.3, 0.4) is 0 Å². The number of ether oxygens (including phenoxy) is 2. The molecule has 146 valence electrons. The van der Waals surface area contributed by atoms with E-state index in [0.717, 1.165) is 30.9 Å². The van der Waals surface area contributed by atoms with Gasteiger partial charge in [-0.3, -0.25) is 4.79 Å². The Bertz CT molecular complexity index is 533. The van der Waals surface area contributed by atoms with E-state index in [9.17, 15) is 4.79 Å². The zero-order valence-corrected chi connectivity index (χ0v) is 16.6. The van der Waals surface area contributed by atoms with Crippen LogP contribution in [-0.4, -0.2) is 49.7 Å². The van der Waals surface area contributed by atoms with E-state index >= 15 is 0 Å². The summed E-state index contributed by atoms with van der Waals surface area (Å²) in [7, 11) is 3.06. The Balaban J connectivity index is 1.83. The number of hydrogen-bond donors (Lipinski definition) is 0. The maximum Gasteiger partial charge on any atom is 0.306 e. The summed E-state index contributed by atoms with van der Waals surface area (Å²) in [6.07, 6.45) is 9.65. The molecule has 2 rings (SSSR count). The number of rotatable bonds is 11. The Morgan fingerprint density at radius 1 is 1.35 bits per heavy atom. The molecule has 2 atom stereocenters. The SMILES string of the molecule is CCCCC1CCN(CCCC(CC(=O)OC)c2ccc(OC)nc2)C1. The average Bonchev–Trinajstić information content (AvgIpc) is 3.13. The third-order valence-corrected chi connectivity index (χ3v) is 5.44. The van der Waals surface area contributed by atoms with Crippen molar-refractivity contribution >= 4 is 5.97 Å². The fourth-order valence-electron chi connectivity index (χ4n) is 3.83. The van der Waals surface area contributed by atoms with Crippen molar-refractivity contribution in [1.29, 1.82) is 0 Å². The van der Waals surface area contributed by atoms with Gasteiger partial charge in [0.25, 0.3) is 0 Å². The zero-order chi connectivity index (χ0) is 18.8. The highest BCUT2D eigenvalue weighted by Crippen LogP contribution is 2.27. The van der Waals surface area contributed by atoms with Crippen LogP contribution in [0.2, 0.25) is 0 Å². The van der Waals surface area contributed by atoms with E-state index < -0.39 is 0 Å². The minimum atomic E-state index is -0.161. The lowest BCUT2D eigenvalue weighted by atomic mass is 9.92. The van der Waals surface area contributed by atoms with Crippen molar-refractivity contribution in [2.45, 2.75) is 57.8 Å². The predicted molar refractivity (Wildman–Crippen MR) is 103 cm³/mol. The molecule has 2 heterocycles. The molecule has 1 aromatic rings. The number of pyridine rings is 1. The van der Waals surface area contributed by atoms with Crippen LogP contribution >= 0.6 is 0 Å². The molecule has 1 saturated heterocycles. The van der Waals surface area contributed by atoms with E-state index in [2.05, 4.69) is 16.8 Å². The van der Waals surface area contributed by atoms with Crippen LogP contribution in [0.1, 0.15) is 63.4 Å². The third kappa shape index (κ3) is 6.60. The number of unbranched alkanes of at least 4 members (excludes halogenated alkanes) is 1. The van der Waals surface area contributed by atoms with Gasteiger partial charge in [0.15, 0.2) is 0 Å². The molecule has 26 heavy (non-hydrogen) atoms. The van der Waals surface area contributed by atoms with Crippen molar-refractivity contribution in [3.8, 4) is 5.88 Å². The van der Waals surface area contributed by atoms with Crippen LogP contribution < -0.4 is 4.74 Å². The molecular formula is C21H34N2O3. The van der Waals surface area contributed by atoms with Crippen molar-refractivity contribution in [3.05, 3.63) is 23.9 Å². The molecule has 0 radical (unpaired) electrons. The van der Waals surface area contributed by atoms with E-state index in [-0.39, 0.29) is 11.9 Å². The van der Waals surface area contributed by atoms with Crippen molar-refractivity contribution in [3.63, 3.8) is 0 Å². The lowest BCUT2D eigenvalue weighted by molar-refractivity contribution is -0.141. The van der Waals surface area contributed by atoms with Gasteiger partial charge in [0.2, 0.25) is 5.88 Å². The molecule has 5 heteroatoms. The molecule has 2 unspecified atom stereocenters. The minimum absolute atomic E-state index is 0.152. The number of aromatic nitrogens is 1. The fraction of sp³-hybridized carbons (Fsp3) is 0.714. The number of likely N-dealkylation sites (tertiary alicyclic amines) is 1. The fourth-order valence-corrected chi connectivity index (χ4v) is 3.83. The molecule has 0 bridgehead atoms. The van der Waals surface area contributed by atoms with E-state index in [0.29, 0.717) is 12.3 Å². The summed E-state index contributed by atoms with van der Waals surface area (Å²) in [6.45, 7) is 5.85. The van der Waals surface area contributed by atoms with Gasteiger partial charge in [0.1, 0.15) is 0 Å². The van der Waals surface area contributed by atoms with Gasteiger partial charge in [-0.05, 0) is 56.2 Å². The molecule has 5 nitrogen and oxygen atoms in total. The lowest BCUT2D eigenvalue weighted by Gasteiger charge is -2.20. The summed E-state index contributed by atoms with van der Waals surface area (Å²) < 4.78 is 10.0. The van der Waals surface area contributed by atoms with Crippen molar-refractivity contribution in [2.24, 2.45) is 5.92 Å². The quantitative estimate of drug-likeness (QED) is 0.556. The molecule has 0 saturated carbocycles. The Kier molecular flexibility index (Phi) is 8.89. The van der Waals surface area contributed by atoms with E-state index in [1.54, 1.807) is 7.11 Å². The maximum absolute atomic E-state index is 11.8. The van der Waals surface area contributed by atoms with Gasteiger partial charge in [-0.15, -0.1) is 0 Å². The van der Waals surface area contributed by atoms with E-state index in [1.807, 2.05) is 18.3 Å². The molecule has 1 aliphatic rings. The highest BCUT2D eigenvalue weighted by atomic mass is 16.5. The molecule has 0 spiro atoms. The molecule has 0 aromatic carbocycles. The second-order valence-electron chi connectivity index (χ2n) is 7.35. The summed E-state index contributed by atoms with van der Waals surface area (Å²) in [5.74, 6) is 1.47. The summed E-state index contributed by atoms with van der Waals surface area (Å²) in [4.78, 5) is 18.7. The molecule has 1 aliphatic heterocycles. The normalized spacial score (nSPS) is 18.7. The number of nitrogens with zero attached hydrogens (tertiary/aromatic N) is 2. The third-order valence-electron chi connectivity index (χ3n) is 5.44. The highest BCUT2D eigenvalue weighted by molar-refractivity contribution is 5.70. The van der Waals surface area contributed by atoms with Gasteiger partial charge in [-0.25, -0.2) is 4.98 Å². The Morgan fingerprint density at radius 3 is 2.85 bits per heavy atom. The number of hydrogen-bond acceptors (Lipinski definition) is 5. The summed E-state index contributed by atoms with van der Waals surface area (Å²) in [5.41, 5.74) is 1.08. The van der Waals surface area contributed by atoms with Gasteiger partial charge in [0.05, 0.1) is 20.6 Å². The first-order chi connectivity index (χ1) is 12.7. The number of esters is 1. The number of carbonyl (C=O) groups excluding carboxylic acids is 1. The summed E-state index contributed by atoms with van der Waals surface area (Å²) >= 11 is 0. The second kappa shape index (κ2) is 11.2. The van der Waals surface area contributed by atoms with Gasteiger partial charge in [-0.2, -0.15) is 0 Å². The van der Waals surface area contributed by atoms with Crippen LogP contribution in [-0.2, 0) is 9.53 Å². The molecule has 1 fully saturated rings. The van der Waals surface area contributed by atoms with Crippen molar-refractivity contribution < 1.29 is 14.3 Å². The molecule has 0 aliphatic carbocycles. The van der Waals surface area contributed by atoms with Crippen LogP contribution in [0.15, 0.2) is 18.3 Å². The number of carbonyl (C=O) groups is 1. The van der Waals surface area contributed by atoms with Crippen LogP contribution in [0.25, 0.3) is 0 Å². The van der Waals surface area contributed by atoms with Crippen molar-refractivity contribution in [1.82, 2.24) is 9.88 Å². The average molecular weight is 363 g/mol. The monoisotopic (exact) mass is 362 g/mol. The lowest BCUT2D eigenvalue weighted by Crippen LogP contribution is -2.22. The van der Waals surface area contributed by atoms with Crippen LogP contribution in [0.4, 0.5) is 0 Å². The largest absolute Gasteiger partial charge is 0.481 e. The summed E-state index contributed by atoms with van der Waals surface area (Å²) in [6, 6.07) is 3.87.